The lowest BCUT2D eigenvalue weighted by Crippen LogP contribution is -2.17. The standard InChI is InChI=1S/C21H16F2N6O3/c1-3-11-4-5-12(20-28-29(2)21(31)32-20)6-13(11)16-9-26-17(10-25-16)27-19(30)18-14(22)7-24-8-15(18)23/h4-10H,3H2,1-2H3,(H,26,27,30). The molecule has 1 aromatic carbocycles. The second-order valence-corrected chi connectivity index (χ2v) is 6.74. The molecular formula is C21H16F2N6O3. The summed E-state index contributed by atoms with van der Waals surface area (Å²) in [7, 11) is 1.48. The molecule has 1 amide bonds. The molecule has 9 nitrogen and oxygen atoms in total. The van der Waals surface area contributed by atoms with E-state index in [0.29, 0.717) is 17.7 Å². The number of carbonyl (C=O) groups is 1. The Morgan fingerprint density at radius 1 is 1.12 bits per heavy atom. The van der Waals surface area contributed by atoms with Crippen LogP contribution in [0.3, 0.4) is 0 Å². The smallest absolute Gasteiger partial charge is 0.388 e. The lowest BCUT2D eigenvalue weighted by molar-refractivity contribution is 0.101. The fourth-order valence-electron chi connectivity index (χ4n) is 3.06. The Kier molecular flexibility index (Phi) is 5.54. The van der Waals surface area contributed by atoms with E-state index in [-0.39, 0.29) is 11.7 Å². The monoisotopic (exact) mass is 438 g/mol. The molecule has 162 valence electrons. The van der Waals surface area contributed by atoms with E-state index < -0.39 is 28.9 Å². The van der Waals surface area contributed by atoms with Crippen LogP contribution in [0.25, 0.3) is 22.7 Å². The van der Waals surface area contributed by atoms with Gasteiger partial charge in [-0.15, -0.1) is 5.10 Å². The topological polar surface area (TPSA) is 116 Å². The van der Waals surface area contributed by atoms with Crippen LogP contribution in [0.15, 0.2) is 52.2 Å². The van der Waals surface area contributed by atoms with Crippen molar-refractivity contribution < 1.29 is 18.0 Å². The van der Waals surface area contributed by atoms with Gasteiger partial charge in [-0.3, -0.25) is 14.8 Å². The summed E-state index contributed by atoms with van der Waals surface area (Å²) in [6.07, 6.45) is 4.88. The van der Waals surface area contributed by atoms with Crippen molar-refractivity contribution in [3.63, 3.8) is 0 Å². The van der Waals surface area contributed by atoms with E-state index in [9.17, 15) is 18.4 Å². The maximum Gasteiger partial charge on any atom is 0.437 e. The van der Waals surface area contributed by atoms with Crippen LogP contribution < -0.4 is 11.1 Å². The van der Waals surface area contributed by atoms with Gasteiger partial charge in [0.25, 0.3) is 5.91 Å². The number of amides is 1. The molecule has 0 fully saturated rings. The highest BCUT2D eigenvalue weighted by Gasteiger charge is 2.19. The van der Waals surface area contributed by atoms with E-state index in [1.807, 2.05) is 13.0 Å². The molecule has 0 saturated carbocycles. The van der Waals surface area contributed by atoms with Crippen molar-refractivity contribution in [3.8, 4) is 22.7 Å². The van der Waals surface area contributed by atoms with Crippen LogP contribution in [0, 0.1) is 11.6 Å². The maximum atomic E-state index is 13.7. The fourth-order valence-corrected chi connectivity index (χ4v) is 3.06. The summed E-state index contributed by atoms with van der Waals surface area (Å²) in [5.74, 6) is -3.58. The third-order valence-corrected chi connectivity index (χ3v) is 4.68. The molecule has 32 heavy (non-hydrogen) atoms. The van der Waals surface area contributed by atoms with Crippen LogP contribution in [-0.2, 0) is 13.5 Å². The predicted octanol–water partition coefficient (Wildman–Crippen LogP) is 2.99. The van der Waals surface area contributed by atoms with E-state index in [4.69, 9.17) is 4.42 Å². The first-order chi connectivity index (χ1) is 15.4. The van der Waals surface area contributed by atoms with E-state index >= 15 is 0 Å². The van der Waals surface area contributed by atoms with Crippen molar-refractivity contribution in [1.82, 2.24) is 24.7 Å². The molecule has 4 rings (SSSR count). The minimum atomic E-state index is -1.09. The Morgan fingerprint density at radius 3 is 2.47 bits per heavy atom. The van der Waals surface area contributed by atoms with Gasteiger partial charge in [0.15, 0.2) is 17.5 Å². The number of nitrogens with zero attached hydrogens (tertiary/aromatic N) is 5. The van der Waals surface area contributed by atoms with E-state index in [1.54, 1.807) is 12.1 Å². The number of aryl methyl sites for hydroxylation is 2. The predicted molar refractivity (Wildman–Crippen MR) is 110 cm³/mol. The first-order valence-electron chi connectivity index (χ1n) is 9.47. The Morgan fingerprint density at radius 2 is 1.88 bits per heavy atom. The summed E-state index contributed by atoms with van der Waals surface area (Å²) >= 11 is 0. The molecule has 0 aliphatic rings. The van der Waals surface area contributed by atoms with Crippen molar-refractivity contribution in [2.75, 3.05) is 5.32 Å². The summed E-state index contributed by atoms with van der Waals surface area (Å²) < 4.78 is 33.7. The van der Waals surface area contributed by atoms with Gasteiger partial charge in [0, 0.05) is 18.2 Å². The summed E-state index contributed by atoms with van der Waals surface area (Å²) in [6, 6.07) is 5.42. The zero-order chi connectivity index (χ0) is 22.8. The van der Waals surface area contributed by atoms with Gasteiger partial charge in [0.1, 0.15) is 5.56 Å². The van der Waals surface area contributed by atoms with Crippen LogP contribution in [0.2, 0.25) is 0 Å². The van der Waals surface area contributed by atoms with Crippen LogP contribution in [0.1, 0.15) is 22.8 Å². The Bertz CT molecular complexity index is 1340. The van der Waals surface area contributed by atoms with Crippen molar-refractivity contribution >= 4 is 11.7 Å². The molecule has 1 N–H and O–H groups in total. The second kappa shape index (κ2) is 8.46. The summed E-state index contributed by atoms with van der Waals surface area (Å²) in [6.45, 7) is 1.97. The molecule has 4 aromatic rings. The SMILES string of the molecule is CCc1ccc(-c2nn(C)c(=O)o2)cc1-c1cnc(NC(=O)c2c(F)cncc2F)cn1. The maximum absolute atomic E-state index is 13.7. The van der Waals surface area contributed by atoms with Crippen molar-refractivity contribution in [2.45, 2.75) is 13.3 Å². The highest BCUT2D eigenvalue weighted by Crippen LogP contribution is 2.28. The summed E-state index contributed by atoms with van der Waals surface area (Å²) in [5.41, 5.74) is 2.00. The van der Waals surface area contributed by atoms with Gasteiger partial charge in [-0.25, -0.2) is 18.6 Å². The fraction of sp³-hybridized carbons (Fsp3) is 0.143. The van der Waals surface area contributed by atoms with Crippen molar-refractivity contribution in [1.29, 1.82) is 0 Å². The van der Waals surface area contributed by atoms with E-state index in [1.165, 1.54) is 19.4 Å². The van der Waals surface area contributed by atoms with Crippen LogP contribution >= 0.6 is 0 Å². The lowest BCUT2D eigenvalue weighted by atomic mass is 9.99. The molecule has 0 aliphatic heterocycles. The largest absolute Gasteiger partial charge is 0.437 e. The number of anilines is 1. The second-order valence-electron chi connectivity index (χ2n) is 6.74. The van der Waals surface area contributed by atoms with Crippen molar-refractivity contribution in [3.05, 3.63) is 76.3 Å². The average molecular weight is 438 g/mol. The van der Waals surface area contributed by atoms with Gasteiger partial charge in [0.2, 0.25) is 5.89 Å². The van der Waals surface area contributed by atoms with E-state index in [0.717, 1.165) is 28.2 Å². The third kappa shape index (κ3) is 4.00. The van der Waals surface area contributed by atoms with Gasteiger partial charge in [-0.2, -0.15) is 4.68 Å². The third-order valence-electron chi connectivity index (χ3n) is 4.68. The molecule has 0 bridgehead atoms. The zero-order valence-electron chi connectivity index (χ0n) is 17.0. The van der Waals surface area contributed by atoms with Gasteiger partial charge in [0.05, 0.1) is 30.5 Å². The minimum absolute atomic E-state index is 0.0132. The van der Waals surface area contributed by atoms with Crippen molar-refractivity contribution in [2.24, 2.45) is 7.05 Å². The molecular weight excluding hydrogens is 422 g/mol. The molecule has 3 aromatic heterocycles. The minimum Gasteiger partial charge on any atom is -0.388 e. The average Bonchev–Trinajstić information content (AvgIpc) is 3.12. The van der Waals surface area contributed by atoms with Gasteiger partial charge in [-0.1, -0.05) is 13.0 Å². The number of carbonyl (C=O) groups excluding carboxylic acids is 1. The van der Waals surface area contributed by atoms with Gasteiger partial charge >= 0.3 is 5.76 Å². The van der Waals surface area contributed by atoms with Crippen LogP contribution in [-0.4, -0.2) is 30.6 Å². The number of rotatable bonds is 5. The number of hydrogen-bond acceptors (Lipinski definition) is 7. The number of benzene rings is 1. The van der Waals surface area contributed by atoms with E-state index in [2.05, 4.69) is 25.4 Å². The normalized spacial score (nSPS) is 10.9. The molecule has 0 aliphatic carbocycles. The number of nitrogens with one attached hydrogen (secondary N) is 1. The molecule has 0 atom stereocenters. The molecule has 0 spiro atoms. The number of halogens is 2. The molecule has 0 saturated heterocycles. The van der Waals surface area contributed by atoms with Crippen LogP contribution in [0.5, 0.6) is 0 Å². The number of pyridine rings is 1. The van der Waals surface area contributed by atoms with Crippen LogP contribution in [0.4, 0.5) is 14.6 Å². The summed E-state index contributed by atoms with van der Waals surface area (Å²) in [4.78, 5) is 35.6. The van der Waals surface area contributed by atoms with Gasteiger partial charge < -0.3 is 9.73 Å². The highest BCUT2D eigenvalue weighted by atomic mass is 19.1. The molecule has 11 heteroatoms. The summed E-state index contributed by atoms with van der Waals surface area (Å²) in [5, 5.41) is 6.36. The Balaban J connectivity index is 1.63. The number of hydrogen-bond donors (Lipinski definition) is 1. The number of aromatic nitrogens is 5. The first-order valence-corrected chi connectivity index (χ1v) is 9.47. The Labute approximate surface area is 179 Å². The molecule has 0 unspecified atom stereocenters. The molecule has 3 heterocycles. The first kappa shape index (κ1) is 21.0. The highest BCUT2D eigenvalue weighted by molar-refractivity contribution is 6.04. The quantitative estimate of drug-likeness (QED) is 0.509. The molecule has 0 radical (unpaired) electrons. The van der Waals surface area contributed by atoms with Gasteiger partial charge in [-0.05, 0) is 24.1 Å². The Hall–Kier alpha value is -4.28. The lowest BCUT2D eigenvalue weighted by Gasteiger charge is -2.10. The zero-order valence-corrected chi connectivity index (χ0v) is 17.0.